The Labute approximate surface area is 282 Å². The number of carbonyl (C=O) groups is 1. The van der Waals surface area contributed by atoms with Crippen LogP contribution in [0, 0.1) is 0 Å². The zero-order valence-electron chi connectivity index (χ0n) is 29.5. The average molecular weight is 672 g/mol. The van der Waals surface area contributed by atoms with Gasteiger partial charge in [0.1, 0.15) is 6.10 Å². The zero-order chi connectivity index (χ0) is 34.3. The minimum absolute atomic E-state index is 0.278. The third kappa shape index (κ3) is 29.9. The number of amides is 1. The molecule has 0 aromatic carbocycles. The number of unbranched alkanes of at least 4 members (excludes halogenated alkanes) is 19. The molecule has 0 aromatic rings. The third-order valence-electron chi connectivity index (χ3n) is 8.26. The van der Waals surface area contributed by atoms with Crippen LogP contribution in [-0.4, -0.2) is 53.9 Å². The van der Waals surface area contributed by atoms with Crippen molar-refractivity contribution in [3.63, 3.8) is 0 Å². The molecule has 270 valence electrons. The Kier molecular flexibility index (Phi) is 29.8. The van der Waals surface area contributed by atoms with Crippen molar-refractivity contribution in [1.29, 1.82) is 0 Å². The molecule has 0 aliphatic rings. The lowest BCUT2D eigenvalue weighted by molar-refractivity contribution is -0.131. The monoisotopic (exact) mass is 671 g/mol. The van der Waals surface area contributed by atoms with Crippen LogP contribution < -0.4 is 5.32 Å². The van der Waals surface area contributed by atoms with E-state index >= 15 is 0 Å². The molecule has 0 radical (unpaired) electrons. The van der Waals surface area contributed by atoms with Crippen molar-refractivity contribution < 1.29 is 32.2 Å². The van der Waals surface area contributed by atoms with Crippen molar-refractivity contribution in [3.05, 3.63) is 36.0 Å². The minimum atomic E-state index is -4.76. The van der Waals surface area contributed by atoms with Crippen LogP contribution in [0.2, 0.25) is 0 Å². The number of rotatable bonds is 32. The lowest BCUT2D eigenvalue weighted by atomic mass is 10.0. The van der Waals surface area contributed by atoms with Gasteiger partial charge in [-0.3, -0.25) is 9.35 Å². The van der Waals surface area contributed by atoms with Crippen LogP contribution in [-0.2, 0) is 19.4 Å². The van der Waals surface area contributed by atoms with E-state index in [1.54, 1.807) is 6.08 Å². The molecule has 3 atom stereocenters. The highest BCUT2D eigenvalue weighted by Gasteiger charge is 2.25. The summed E-state index contributed by atoms with van der Waals surface area (Å²) in [6.45, 7) is 5.85. The second-order valence-corrected chi connectivity index (χ2v) is 13.9. The number of hydrogen-bond acceptors (Lipinski definition) is 6. The van der Waals surface area contributed by atoms with Gasteiger partial charge in [-0.05, 0) is 39.0 Å². The van der Waals surface area contributed by atoms with Crippen molar-refractivity contribution in [1.82, 2.24) is 5.32 Å². The van der Waals surface area contributed by atoms with Crippen molar-refractivity contribution in [2.75, 3.05) is 6.61 Å². The van der Waals surface area contributed by atoms with Crippen LogP contribution in [0.3, 0.4) is 0 Å². The van der Waals surface area contributed by atoms with Crippen molar-refractivity contribution in [2.24, 2.45) is 0 Å². The Morgan fingerprint density at radius 3 is 1.74 bits per heavy atom. The Morgan fingerprint density at radius 2 is 1.22 bits per heavy atom. The Hall–Kier alpha value is -1.52. The quantitative estimate of drug-likeness (QED) is 0.0243. The Bertz CT molecular complexity index is 917. The van der Waals surface area contributed by atoms with Gasteiger partial charge in [0, 0.05) is 0 Å². The highest BCUT2D eigenvalue weighted by atomic mass is 32.3. The molecule has 4 N–H and O–H groups in total. The van der Waals surface area contributed by atoms with Gasteiger partial charge >= 0.3 is 10.4 Å². The van der Waals surface area contributed by atoms with E-state index in [1.165, 1.54) is 108 Å². The molecule has 0 unspecified atom stereocenters. The van der Waals surface area contributed by atoms with Gasteiger partial charge in [0.25, 0.3) is 0 Å². The summed E-state index contributed by atoms with van der Waals surface area (Å²) in [5.74, 6) is -0.707. The maximum absolute atomic E-state index is 12.6. The molecule has 0 aromatic heterocycles. The number of aliphatic hydroxyl groups is 2. The first-order valence-electron chi connectivity index (χ1n) is 18.4. The lowest BCUT2D eigenvalue weighted by Gasteiger charge is -2.23. The van der Waals surface area contributed by atoms with Gasteiger partial charge in [-0.1, -0.05) is 165 Å². The maximum Gasteiger partial charge on any atom is 0.397 e. The number of nitrogens with one attached hydrogen (secondary N) is 1. The summed E-state index contributed by atoms with van der Waals surface area (Å²) in [6.07, 6.45) is 33.2. The number of carbonyl (C=O) groups excluding carboxylic acids is 1. The summed E-state index contributed by atoms with van der Waals surface area (Å²) >= 11 is 0. The van der Waals surface area contributed by atoms with Gasteiger partial charge in [0.2, 0.25) is 5.91 Å². The SMILES string of the molecule is CCCCCCC/C=C/C(C)=C/CC/C=C/[C@@H](O)[C@H](COS(=O)(=O)O)NC(=O)[C@H](O)CCCCCCCCCCCCCCCC. The summed E-state index contributed by atoms with van der Waals surface area (Å²) in [5.41, 5.74) is 1.17. The van der Waals surface area contributed by atoms with Gasteiger partial charge < -0.3 is 15.5 Å². The lowest BCUT2D eigenvalue weighted by Crippen LogP contribution is -2.49. The first-order valence-corrected chi connectivity index (χ1v) is 19.8. The standard InChI is InChI=1S/C37H69NO7S/c1-4-6-8-10-12-13-14-15-16-17-18-20-22-26-31-36(40)37(41)38-34(32-45-46(42,43)44)35(39)30-27-23-25-29-33(3)28-24-21-19-11-9-7-5-2/h24,27-30,34-36,39-40H,4-23,25-26,31-32H2,1-3H3,(H,38,41)(H,42,43,44)/b28-24+,30-27+,33-29+/t34-,35+,36+/m0/s1. The van der Waals surface area contributed by atoms with Gasteiger partial charge in [0.15, 0.2) is 0 Å². The highest BCUT2D eigenvalue weighted by molar-refractivity contribution is 7.80. The topological polar surface area (TPSA) is 133 Å². The normalized spacial score (nSPS) is 14.7. The van der Waals surface area contributed by atoms with E-state index in [4.69, 9.17) is 4.55 Å². The molecule has 0 aliphatic carbocycles. The molecular weight excluding hydrogens is 602 g/mol. The molecule has 0 aliphatic heterocycles. The Morgan fingerprint density at radius 1 is 0.717 bits per heavy atom. The first-order chi connectivity index (χ1) is 22.1. The minimum Gasteiger partial charge on any atom is -0.387 e. The van der Waals surface area contributed by atoms with Crippen LogP contribution in [0.15, 0.2) is 36.0 Å². The summed E-state index contributed by atoms with van der Waals surface area (Å²) < 4.78 is 35.6. The van der Waals surface area contributed by atoms with Crippen LogP contribution >= 0.6 is 0 Å². The zero-order valence-corrected chi connectivity index (χ0v) is 30.3. The Balaban J connectivity index is 4.39. The molecule has 0 rings (SSSR count). The van der Waals surface area contributed by atoms with E-state index in [1.807, 2.05) is 0 Å². The number of hydrogen-bond donors (Lipinski definition) is 4. The summed E-state index contributed by atoms with van der Waals surface area (Å²) in [7, 11) is -4.76. The molecule has 0 heterocycles. The van der Waals surface area contributed by atoms with Crippen LogP contribution in [0.5, 0.6) is 0 Å². The second-order valence-electron chi connectivity index (χ2n) is 12.8. The molecule has 1 amide bonds. The van der Waals surface area contributed by atoms with Crippen LogP contribution in [0.4, 0.5) is 0 Å². The van der Waals surface area contributed by atoms with Gasteiger partial charge in [-0.15, -0.1) is 0 Å². The van der Waals surface area contributed by atoms with E-state index in [0.717, 1.165) is 32.1 Å². The largest absolute Gasteiger partial charge is 0.397 e. The fourth-order valence-corrected chi connectivity index (χ4v) is 5.63. The van der Waals surface area contributed by atoms with Gasteiger partial charge in [-0.25, -0.2) is 4.18 Å². The van der Waals surface area contributed by atoms with Crippen molar-refractivity contribution >= 4 is 16.3 Å². The van der Waals surface area contributed by atoms with Gasteiger partial charge in [0.05, 0.1) is 18.8 Å². The number of aliphatic hydroxyl groups excluding tert-OH is 2. The van der Waals surface area contributed by atoms with Crippen molar-refractivity contribution in [3.8, 4) is 0 Å². The van der Waals surface area contributed by atoms with Crippen LogP contribution in [0.1, 0.15) is 168 Å². The van der Waals surface area contributed by atoms with E-state index in [9.17, 15) is 23.4 Å². The maximum atomic E-state index is 12.6. The van der Waals surface area contributed by atoms with Crippen LogP contribution in [0.25, 0.3) is 0 Å². The molecule has 46 heavy (non-hydrogen) atoms. The van der Waals surface area contributed by atoms with Crippen molar-refractivity contribution in [2.45, 2.75) is 187 Å². The third-order valence-corrected chi connectivity index (χ3v) is 8.69. The van der Waals surface area contributed by atoms with Gasteiger partial charge in [-0.2, -0.15) is 8.42 Å². The predicted octanol–water partition coefficient (Wildman–Crippen LogP) is 9.08. The van der Waals surface area contributed by atoms with E-state index in [2.05, 4.69) is 48.5 Å². The summed E-state index contributed by atoms with van der Waals surface area (Å²) in [5, 5.41) is 23.4. The summed E-state index contributed by atoms with van der Waals surface area (Å²) in [4.78, 5) is 12.6. The molecule has 0 fully saturated rings. The molecule has 0 spiro atoms. The van der Waals surface area contributed by atoms with E-state index < -0.39 is 41.2 Å². The molecule has 9 heteroatoms. The van der Waals surface area contributed by atoms with E-state index in [-0.39, 0.29) is 6.42 Å². The van der Waals surface area contributed by atoms with E-state index in [0.29, 0.717) is 12.8 Å². The molecule has 0 saturated carbocycles. The molecule has 0 saturated heterocycles. The number of allylic oxidation sites excluding steroid dienone is 5. The second kappa shape index (κ2) is 30.8. The molecular formula is C37H69NO7S. The summed E-state index contributed by atoms with van der Waals surface area (Å²) in [6, 6.07) is -1.16. The average Bonchev–Trinajstić information content (AvgIpc) is 3.01. The smallest absolute Gasteiger partial charge is 0.387 e. The fourth-order valence-electron chi connectivity index (χ4n) is 5.31. The predicted molar refractivity (Wildman–Crippen MR) is 191 cm³/mol. The highest BCUT2D eigenvalue weighted by Crippen LogP contribution is 2.14. The fraction of sp³-hybridized carbons (Fsp3) is 0.811. The molecule has 0 bridgehead atoms. The molecule has 8 nitrogen and oxygen atoms in total. The first kappa shape index (κ1) is 44.5.